The molecule has 0 unspecified atom stereocenters. The standard InChI is InChI=1S/C16H15BrFN3O4S2/c1-21(27(22,23)16-7-6-13(17)26-16)9-8-14-19-15(25-20-14)10-24-12-5-3-2-4-11(12)18/h2-7H,8-10H2,1H3. The van der Waals surface area contributed by atoms with Gasteiger partial charge in [-0.1, -0.05) is 17.3 Å². The van der Waals surface area contributed by atoms with Crippen LogP contribution in [0.5, 0.6) is 5.75 Å². The summed E-state index contributed by atoms with van der Waals surface area (Å²) in [6, 6.07) is 9.23. The minimum Gasteiger partial charge on any atom is -0.481 e. The summed E-state index contributed by atoms with van der Waals surface area (Å²) >= 11 is 4.40. The lowest BCUT2D eigenvalue weighted by atomic mass is 10.3. The van der Waals surface area contributed by atoms with E-state index in [0.717, 1.165) is 15.1 Å². The first kappa shape index (κ1) is 19.9. The highest BCUT2D eigenvalue weighted by atomic mass is 79.9. The number of benzene rings is 1. The first-order chi connectivity index (χ1) is 12.9. The second-order valence-corrected chi connectivity index (χ2v) is 10.2. The molecule has 3 aromatic rings. The average molecular weight is 476 g/mol. The van der Waals surface area contributed by atoms with Crippen molar-refractivity contribution in [2.45, 2.75) is 17.2 Å². The van der Waals surface area contributed by atoms with Gasteiger partial charge in [0.15, 0.2) is 24.0 Å². The molecule has 0 fully saturated rings. The van der Waals surface area contributed by atoms with Crippen LogP contribution in [0.25, 0.3) is 0 Å². The van der Waals surface area contributed by atoms with Crippen molar-refractivity contribution in [3.8, 4) is 5.75 Å². The van der Waals surface area contributed by atoms with Crippen molar-refractivity contribution in [3.63, 3.8) is 0 Å². The number of likely N-dealkylation sites (N-methyl/N-ethyl adjacent to an activating group) is 1. The number of rotatable bonds is 8. The van der Waals surface area contributed by atoms with Gasteiger partial charge >= 0.3 is 0 Å². The molecule has 0 aliphatic carbocycles. The number of hydrogen-bond acceptors (Lipinski definition) is 7. The molecule has 1 aromatic carbocycles. The van der Waals surface area contributed by atoms with Gasteiger partial charge in [0.25, 0.3) is 15.9 Å². The number of sulfonamides is 1. The van der Waals surface area contributed by atoms with Crippen LogP contribution in [0, 0.1) is 5.82 Å². The van der Waals surface area contributed by atoms with E-state index < -0.39 is 15.8 Å². The largest absolute Gasteiger partial charge is 0.481 e. The monoisotopic (exact) mass is 475 g/mol. The van der Waals surface area contributed by atoms with Crippen molar-refractivity contribution in [1.29, 1.82) is 0 Å². The summed E-state index contributed by atoms with van der Waals surface area (Å²) in [6.07, 6.45) is 0.269. The molecule has 0 saturated heterocycles. The minimum atomic E-state index is -3.56. The molecule has 0 bridgehead atoms. The van der Waals surface area contributed by atoms with E-state index in [2.05, 4.69) is 26.1 Å². The fourth-order valence-electron chi connectivity index (χ4n) is 2.12. The Kier molecular flexibility index (Phi) is 6.25. The molecule has 0 saturated carbocycles. The Balaban J connectivity index is 1.55. The molecule has 0 amide bonds. The molecule has 7 nitrogen and oxygen atoms in total. The lowest BCUT2D eigenvalue weighted by Crippen LogP contribution is -2.28. The lowest BCUT2D eigenvalue weighted by molar-refractivity contribution is 0.234. The van der Waals surface area contributed by atoms with Gasteiger partial charge in [0.2, 0.25) is 0 Å². The molecule has 2 heterocycles. The van der Waals surface area contributed by atoms with E-state index in [9.17, 15) is 12.8 Å². The van der Waals surface area contributed by atoms with Gasteiger partial charge < -0.3 is 9.26 Å². The minimum absolute atomic E-state index is 0.0781. The van der Waals surface area contributed by atoms with Crippen LogP contribution in [0.3, 0.4) is 0 Å². The number of hydrogen-bond donors (Lipinski definition) is 0. The van der Waals surface area contributed by atoms with E-state index >= 15 is 0 Å². The Labute approximate surface area is 167 Å². The normalized spacial score (nSPS) is 11.9. The molecule has 144 valence electrons. The first-order valence-electron chi connectivity index (χ1n) is 7.77. The Morgan fingerprint density at radius 1 is 1.30 bits per heavy atom. The van der Waals surface area contributed by atoms with Gasteiger partial charge in [-0.15, -0.1) is 11.3 Å². The summed E-state index contributed by atoms with van der Waals surface area (Å²) in [5.74, 6) is 0.131. The fraction of sp³-hybridized carbons (Fsp3) is 0.250. The Morgan fingerprint density at radius 3 is 2.78 bits per heavy atom. The van der Waals surface area contributed by atoms with Crippen molar-refractivity contribution in [2.75, 3.05) is 13.6 Å². The predicted octanol–water partition coefficient (Wildman–Crippen LogP) is 3.47. The van der Waals surface area contributed by atoms with Gasteiger partial charge in [0, 0.05) is 20.0 Å². The lowest BCUT2D eigenvalue weighted by Gasteiger charge is -2.14. The van der Waals surface area contributed by atoms with E-state index in [1.807, 2.05) is 0 Å². The van der Waals surface area contributed by atoms with Gasteiger partial charge in [-0.3, -0.25) is 0 Å². The Morgan fingerprint density at radius 2 is 2.07 bits per heavy atom. The van der Waals surface area contributed by atoms with Crippen LogP contribution in [0.2, 0.25) is 0 Å². The van der Waals surface area contributed by atoms with Crippen molar-refractivity contribution in [3.05, 3.63) is 57.7 Å². The quantitative estimate of drug-likeness (QED) is 0.495. The Hall–Kier alpha value is -1.82. The zero-order chi connectivity index (χ0) is 19.4. The first-order valence-corrected chi connectivity index (χ1v) is 10.8. The van der Waals surface area contributed by atoms with Crippen LogP contribution in [-0.4, -0.2) is 36.5 Å². The van der Waals surface area contributed by atoms with E-state index in [4.69, 9.17) is 9.26 Å². The van der Waals surface area contributed by atoms with E-state index in [0.29, 0.717) is 5.82 Å². The van der Waals surface area contributed by atoms with E-state index in [1.165, 1.54) is 23.5 Å². The highest BCUT2D eigenvalue weighted by Gasteiger charge is 2.23. The maximum absolute atomic E-state index is 13.5. The van der Waals surface area contributed by atoms with E-state index in [-0.39, 0.29) is 35.4 Å². The molecular formula is C16H15BrFN3O4S2. The van der Waals surface area contributed by atoms with Gasteiger partial charge in [0.05, 0.1) is 3.79 Å². The van der Waals surface area contributed by atoms with Crippen LogP contribution < -0.4 is 4.74 Å². The Bertz CT molecular complexity index is 1020. The summed E-state index contributed by atoms with van der Waals surface area (Å²) < 4.78 is 51.0. The third-order valence-corrected chi connectivity index (χ3v) is 7.51. The van der Waals surface area contributed by atoms with Crippen molar-refractivity contribution in [2.24, 2.45) is 0 Å². The molecular weight excluding hydrogens is 461 g/mol. The molecule has 0 N–H and O–H groups in total. The molecule has 3 rings (SSSR count). The zero-order valence-corrected chi connectivity index (χ0v) is 17.4. The summed E-state index contributed by atoms with van der Waals surface area (Å²) in [7, 11) is -2.07. The van der Waals surface area contributed by atoms with Gasteiger partial charge in [0.1, 0.15) is 4.21 Å². The number of nitrogens with zero attached hydrogens (tertiary/aromatic N) is 3. The zero-order valence-electron chi connectivity index (χ0n) is 14.1. The number of para-hydroxylation sites is 1. The maximum Gasteiger partial charge on any atom is 0.264 e. The van der Waals surface area contributed by atoms with Crippen molar-refractivity contribution < 1.29 is 22.1 Å². The van der Waals surface area contributed by atoms with Crippen molar-refractivity contribution >= 4 is 37.3 Å². The highest BCUT2D eigenvalue weighted by molar-refractivity contribution is 9.11. The van der Waals surface area contributed by atoms with Crippen LogP contribution in [0.4, 0.5) is 4.39 Å². The third kappa shape index (κ3) is 4.92. The van der Waals surface area contributed by atoms with Crippen LogP contribution in [0.15, 0.2) is 48.9 Å². The predicted molar refractivity (Wildman–Crippen MR) is 101 cm³/mol. The van der Waals surface area contributed by atoms with Gasteiger partial charge in [-0.05, 0) is 40.2 Å². The third-order valence-electron chi connectivity index (χ3n) is 3.56. The second-order valence-electron chi connectivity index (χ2n) is 5.46. The SMILES string of the molecule is CN(CCc1noc(COc2ccccc2F)n1)S(=O)(=O)c1ccc(Br)s1. The summed E-state index contributed by atoms with van der Waals surface area (Å²) in [4.78, 5) is 4.13. The summed E-state index contributed by atoms with van der Waals surface area (Å²) in [5, 5.41) is 3.80. The topological polar surface area (TPSA) is 85.5 Å². The van der Waals surface area contributed by atoms with Crippen molar-refractivity contribution in [1.82, 2.24) is 14.4 Å². The van der Waals surface area contributed by atoms with Crippen LogP contribution >= 0.6 is 27.3 Å². The van der Waals surface area contributed by atoms with Crippen LogP contribution in [-0.2, 0) is 23.1 Å². The molecule has 0 aliphatic rings. The maximum atomic E-state index is 13.5. The molecule has 0 aliphatic heterocycles. The molecule has 11 heteroatoms. The van der Waals surface area contributed by atoms with E-state index in [1.54, 1.807) is 24.3 Å². The summed E-state index contributed by atoms with van der Waals surface area (Å²) in [6.45, 7) is 0.107. The van der Waals surface area contributed by atoms with Gasteiger partial charge in [-0.2, -0.15) is 9.29 Å². The molecule has 2 aromatic heterocycles. The molecule has 0 radical (unpaired) electrons. The molecule has 0 atom stereocenters. The summed E-state index contributed by atoms with van der Waals surface area (Å²) in [5.41, 5.74) is 0. The fourth-order valence-corrected chi connectivity index (χ4v) is 5.51. The highest BCUT2D eigenvalue weighted by Crippen LogP contribution is 2.28. The number of aromatic nitrogens is 2. The molecule has 27 heavy (non-hydrogen) atoms. The average Bonchev–Trinajstić information content (AvgIpc) is 3.28. The van der Waals surface area contributed by atoms with Gasteiger partial charge in [-0.25, -0.2) is 12.8 Å². The molecule has 0 spiro atoms. The number of ether oxygens (including phenoxy) is 1. The number of halogens is 2. The smallest absolute Gasteiger partial charge is 0.264 e. The number of thiophene rings is 1. The second kappa shape index (κ2) is 8.46. The van der Waals surface area contributed by atoms with Crippen LogP contribution in [0.1, 0.15) is 11.7 Å².